The summed E-state index contributed by atoms with van der Waals surface area (Å²) >= 11 is 1.14. The van der Waals surface area contributed by atoms with Gasteiger partial charge < -0.3 is 14.7 Å². The highest BCUT2D eigenvalue weighted by Crippen LogP contribution is 2.31. The molecule has 1 aliphatic rings. The Morgan fingerprint density at radius 1 is 1.36 bits per heavy atom. The van der Waals surface area contributed by atoms with E-state index in [0.717, 1.165) is 28.2 Å². The second-order valence-electron chi connectivity index (χ2n) is 5.60. The number of para-hydroxylation sites is 1. The summed E-state index contributed by atoms with van der Waals surface area (Å²) in [5.74, 6) is 0.116. The van der Waals surface area contributed by atoms with Gasteiger partial charge in [0.1, 0.15) is 0 Å². The Morgan fingerprint density at radius 3 is 3.00 bits per heavy atom. The number of nitrogens with zero attached hydrogens (tertiary/aromatic N) is 3. The molecule has 2 aromatic heterocycles. The second-order valence-corrected chi connectivity index (χ2v) is 6.89. The molecular weight excluding hydrogens is 342 g/mol. The van der Waals surface area contributed by atoms with Gasteiger partial charge in [-0.15, -0.1) is 10.2 Å². The van der Waals surface area contributed by atoms with Crippen molar-refractivity contribution in [3.63, 3.8) is 0 Å². The highest BCUT2D eigenvalue weighted by molar-refractivity contribution is 8.00. The van der Waals surface area contributed by atoms with E-state index in [1.54, 1.807) is 6.92 Å². The quantitative estimate of drug-likeness (QED) is 0.694. The Kier molecular flexibility index (Phi) is 3.92. The summed E-state index contributed by atoms with van der Waals surface area (Å²) in [6, 6.07) is 7.46. The second kappa shape index (κ2) is 6.25. The molecule has 1 aliphatic heterocycles. The summed E-state index contributed by atoms with van der Waals surface area (Å²) < 4.78 is 5.70. The largest absolute Gasteiger partial charge is 0.411 e. The lowest BCUT2D eigenvalue weighted by molar-refractivity contribution is -0.126. The van der Waals surface area contributed by atoms with Gasteiger partial charge in [0.05, 0.1) is 10.8 Å². The summed E-state index contributed by atoms with van der Waals surface area (Å²) in [6.45, 7) is 2.58. The number of fused-ring (bicyclic) bond motifs is 1. The average Bonchev–Trinajstić information content (AvgIpc) is 3.33. The molecule has 25 heavy (non-hydrogen) atoms. The number of aromatic amines is 1. The molecule has 1 atom stereocenters. The fourth-order valence-electron chi connectivity index (χ4n) is 2.72. The van der Waals surface area contributed by atoms with Gasteiger partial charge in [-0.25, -0.2) is 4.79 Å². The van der Waals surface area contributed by atoms with Crippen LogP contribution in [0.4, 0.5) is 4.79 Å². The fraction of sp³-hybridized carbons (Fsp3) is 0.250. The molecule has 2 N–H and O–H groups in total. The summed E-state index contributed by atoms with van der Waals surface area (Å²) in [5.41, 5.74) is 1.79. The van der Waals surface area contributed by atoms with Crippen LogP contribution in [-0.4, -0.2) is 50.4 Å². The van der Waals surface area contributed by atoms with Gasteiger partial charge in [-0.1, -0.05) is 30.0 Å². The van der Waals surface area contributed by atoms with Gasteiger partial charge in [0.2, 0.25) is 5.91 Å². The summed E-state index contributed by atoms with van der Waals surface area (Å²) in [5, 5.41) is 11.5. The van der Waals surface area contributed by atoms with Crippen molar-refractivity contribution in [2.45, 2.75) is 17.4 Å². The molecule has 3 heterocycles. The predicted octanol–water partition coefficient (Wildman–Crippen LogP) is 2.25. The maximum atomic E-state index is 12.3. The number of aromatic nitrogens is 3. The maximum absolute atomic E-state index is 12.3. The number of hydrogen-bond donors (Lipinski definition) is 2. The highest BCUT2D eigenvalue weighted by Gasteiger charge is 2.31. The fourth-order valence-corrected chi connectivity index (χ4v) is 3.46. The summed E-state index contributed by atoms with van der Waals surface area (Å²) in [7, 11) is 0. The van der Waals surface area contributed by atoms with E-state index in [1.807, 2.05) is 30.5 Å². The van der Waals surface area contributed by atoms with Crippen LogP contribution in [0.25, 0.3) is 22.4 Å². The molecule has 0 aliphatic carbocycles. The molecule has 0 spiro atoms. The minimum atomic E-state index is -0.500. The van der Waals surface area contributed by atoms with Crippen molar-refractivity contribution < 1.29 is 14.0 Å². The number of rotatable bonds is 4. The maximum Gasteiger partial charge on any atom is 0.324 e. The molecule has 0 saturated carbocycles. The third kappa shape index (κ3) is 2.86. The van der Waals surface area contributed by atoms with Crippen molar-refractivity contribution in [2.24, 2.45) is 0 Å². The van der Waals surface area contributed by atoms with Crippen molar-refractivity contribution in [1.82, 2.24) is 25.4 Å². The molecule has 1 saturated heterocycles. The van der Waals surface area contributed by atoms with E-state index in [-0.39, 0.29) is 11.9 Å². The first-order chi connectivity index (χ1) is 12.1. The van der Waals surface area contributed by atoms with Crippen LogP contribution in [0.1, 0.15) is 6.92 Å². The Bertz CT molecular complexity index is 950. The van der Waals surface area contributed by atoms with Crippen LogP contribution in [0.2, 0.25) is 0 Å². The zero-order chi connectivity index (χ0) is 17.4. The number of nitrogens with one attached hydrogen (secondary N) is 2. The number of hydrogen-bond acceptors (Lipinski definition) is 6. The molecule has 3 aromatic rings. The monoisotopic (exact) mass is 357 g/mol. The van der Waals surface area contributed by atoms with E-state index in [1.165, 1.54) is 4.90 Å². The Hall–Kier alpha value is -2.81. The first-order valence-corrected chi connectivity index (χ1v) is 8.67. The minimum Gasteiger partial charge on any atom is -0.411 e. The van der Waals surface area contributed by atoms with Gasteiger partial charge >= 0.3 is 6.03 Å². The van der Waals surface area contributed by atoms with Crippen molar-refractivity contribution in [3.8, 4) is 11.5 Å². The Balaban J connectivity index is 1.51. The molecule has 9 heteroatoms. The van der Waals surface area contributed by atoms with Crippen LogP contribution in [0.3, 0.4) is 0 Å². The number of imide groups is 1. The van der Waals surface area contributed by atoms with E-state index < -0.39 is 5.25 Å². The van der Waals surface area contributed by atoms with Gasteiger partial charge in [0, 0.05) is 30.2 Å². The van der Waals surface area contributed by atoms with Crippen LogP contribution in [0.15, 0.2) is 40.1 Å². The van der Waals surface area contributed by atoms with E-state index in [2.05, 4.69) is 20.5 Å². The van der Waals surface area contributed by atoms with Crippen molar-refractivity contribution in [1.29, 1.82) is 0 Å². The zero-order valence-corrected chi connectivity index (χ0v) is 14.2. The molecule has 1 fully saturated rings. The van der Waals surface area contributed by atoms with Gasteiger partial charge in [-0.3, -0.25) is 9.69 Å². The number of H-pyrrole nitrogens is 1. The van der Waals surface area contributed by atoms with E-state index in [4.69, 9.17) is 4.42 Å². The molecule has 1 aromatic carbocycles. The number of urea groups is 1. The SMILES string of the molecule is C[C@@H](Sc1nnc(-c2c[nH]c3ccccc23)o1)C(=O)N1CCNC1=O. The summed E-state index contributed by atoms with van der Waals surface area (Å²) in [6.07, 6.45) is 1.82. The molecule has 8 nitrogen and oxygen atoms in total. The van der Waals surface area contributed by atoms with E-state index in [0.29, 0.717) is 24.2 Å². The third-order valence-corrected chi connectivity index (χ3v) is 4.90. The van der Waals surface area contributed by atoms with E-state index >= 15 is 0 Å². The van der Waals surface area contributed by atoms with Crippen molar-refractivity contribution in [2.75, 3.05) is 13.1 Å². The molecule has 3 amide bonds. The zero-order valence-electron chi connectivity index (χ0n) is 13.4. The van der Waals surface area contributed by atoms with Gasteiger partial charge in [0.25, 0.3) is 11.1 Å². The standard InChI is InChI=1S/C16H15N5O3S/c1-9(14(22)21-7-6-17-15(21)23)25-16-20-19-13(24-16)11-8-18-12-5-3-2-4-10(11)12/h2-5,8-9,18H,6-7H2,1H3,(H,17,23)/t9-/m1/s1. The van der Waals surface area contributed by atoms with E-state index in [9.17, 15) is 9.59 Å². The van der Waals surface area contributed by atoms with Crippen LogP contribution in [0.5, 0.6) is 0 Å². The van der Waals surface area contributed by atoms with Crippen LogP contribution < -0.4 is 5.32 Å². The van der Waals surface area contributed by atoms with Crippen molar-refractivity contribution >= 4 is 34.6 Å². The highest BCUT2D eigenvalue weighted by atomic mass is 32.2. The average molecular weight is 357 g/mol. The predicted molar refractivity (Wildman–Crippen MR) is 92.0 cm³/mol. The third-order valence-electron chi connectivity index (χ3n) is 3.97. The Morgan fingerprint density at radius 2 is 2.20 bits per heavy atom. The topological polar surface area (TPSA) is 104 Å². The van der Waals surface area contributed by atoms with Crippen LogP contribution >= 0.6 is 11.8 Å². The molecule has 0 unspecified atom stereocenters. The number of thioether (sulfide) groups is 1. The first-order valence-electron chi connectivity index (χ1n) is 7.79. The van der Waals surface area contributed by atoms with Crippen molar-refractivity contribution in [3.05, 3.63) is 30.5 Å². The molecule has 0 bridgehead atoms. The number of carbonyl (C=O) groups excluding carboxylic acids is 2. The van der Waals surface area contributed by atoms with Crippen LogP contribution in [-0.2, 0) is 4.79 Å². The Labute approximate surface area is 147 Å². The molecule has 0 radical (unpaired) electrons. The van der Waals surface area contributed by atoms with Gasteiger partial charge in [0.15, 0.2) is 0 Å². The lowest BCUT2D eigenvalue weighted by atomic mass is 10.2. The lowest BCUT2D eigenvalue weighted by Crippen LogP contribution is -2.38. The smallest absolute Gasteiger partial charge is 0.324 e. The lowest BCUT2D eigenvalue weighted by Gasteiger charge is -2.15. The van der Waals surface area contributed by atoms with Gasteiger partial charge in [-0.2, -0.15) is 0 Å². The normalized spacial score (nSPS) is 15.6. The number of amides is 3. The molecule has 4 rings (SSSR count). The van der Waals surface area contributed by atoms with Gasteiger partial charge in [-0.05, 0) is 13.0 Å². The molecular formula is C16H15N5O3S. The molecule has 128 valence electrons. The summed E-state index contributed by atoms with van der Waals surface area (Å²) in [4.78, 5) is 28.3. The van der Waals surface area contributed by atoms with Crippen LogP contribution in [0, 0.1) is 0 Å². The number of benzene rings is 1. The number of carbonyl (C=O) groups is 2. The minimum absolute atomic E-state index is 0.271. The first kappa shape index (κ1) is 15.7.